The Bertz CT molecular complexity index is 725. The number of amides is 1. The Balaban J connectivity index is 1.48. The summed E-state index contributed by atoms with van der Waals surface area (Å²) in [6.45, 7) is 9.07. The lowest BCUT2D eigenvalue weighted by atomic mass is 10.0. The second kappa shape index (κ2) is 9.43. The van der Waals surface area contributed by atoms with Crippen LogP contribution in [0.2, 0.25) is 0 Å². The van der Waals surface area contributed by atoms with Gasteiger partial charge in [-0.15, -0.1) is 0 Å². The van der Waals surface area contributed by atoms with Crippen molar-refractivity contribution in [3.8, 4) is 0 Å². The maximum absolute atomic E-state index is 12.2. The number of morpholine rings is 1. The summed E-state index contributed by atoms with van der Waals surface area (Å²) in [5.41, 5.74) is 2.55. The third-order valence-electron chi connectivity index (χ3n) is 4.55. The molecule has 0 bridgehead atoms. The first-order valence-electron chi connectivity index (χ1n) is 9.39. The number of ether oxygens (including phenoxy) is 1. The topological polar surface area (TPSA) is 79.4 Å². The van der Waals surface area contributed by atoms with E-state index in [-0.39, 0.29) is 5.91 Å². The molecule has 0 aliphatic carbocycles. The molecule has 0 radical (unpaired) electrons. The van der Waals surface area contributed by atoms with E-state index >= 15 is 0 Å². The Hall–Kier alpha value is -2.51. The average molecular weight is 369 g/mol. The molecule has 144 valence electrons. The number of carbonyl (C=O) groups is 1. The number of aromatic nitrogens is 2. The molecule has 0 unspecified atom stereocenters. The van der Waals surface area contributed by atoms with Crippen LogP contribution in [0.5, 0.6) is 0 Å². The number of anilines is 2. The zero-order chi connectivity index (χ0) is 19.1. The smallest absolute Gasteiger partial charge is 0.271 e. The minimum absolute atomic E-state index is 0.205. The van der Waals surface area contributed by atoms with Gasteiger partial charge in [-0.25, -0.2) is 9.97 Å². The molecule has 0 saturated carbocycles. The minimum Gasteiger partial charge on any atom is -0.379 e. The number of rotatable bonds is 7. The highest BCUT2D eigenvalue weighted by Gasteiger charge is 2.12. The summed E-state index contributed by atoms with van der Waals surface area (Å²) in [6, 6.07) is 8.22. The normalized spacial score (nSPS) is 14.9. The monoisotopic (exact) mass is 369 g/mol. The predicted molar refractivity (Wildman–Crippen MR) is 105 cm³/mol. The van der Waals surface area contributed by atoms with E-state index in [1.54, 1.807) is 6.20 Å². The quantitative estimate of drug-likeness (QED) is 0.780. The van der Waals surface area contributed by atoms with Crippen LogP contribution in [0, 0.1) is 0 Å². The molecule has 1 aromatic heterocycles. The van der Waals surface area contributed by atoms with Crippen LogP contribution < -0.4 is 10.6 Å². The maximum atomic E-state index is 12.2. The van der Waals surface area contributed by atoms with Crippen molar-refractivity contribution in [2.45, 2.75) is 19.8 Å². The van der Waals surface area contributed by atoms with Crippen LogP contribution >= 0.6 is 0 Å². The van der Waals surface area contributed by atoms with E-state index in [4.69, 9.17) is 4.74 Å². The van der Waals surface area contributed by atoms with Gasteiger partial charge >= 0.3 is 0 Å². The number of nitrogens with one attached hydrogen (secondary N) is 2. The van der Waals surface area contributed by atoms with Gasteiger partial charge in [0, 0.05) is 31.9 Å². The Labute approximate surface area is 160 Å². The molecular formula is C20H27N5O2. The first kappa shape index (κ1) is 19.3. The van der Waals surface area contributed by atoms with E-state index in [0.29, 0.717) is 24.0 Å². The van der Waals surface area contributed by atoms with E-state index in [0.717, 1.165) is 38.5 Å². The lowest BCUT2D eigenvalue weighted by Gasteiger charge is -2.26. The summed E-state index contributed by atoms with van der Waals surface area (Å²) < 4.78 is 5.31. The molecule has 0 spiro atoms. The Kier molecular flexibility index (Phi) is 6.73. The highest BCUT2D eigenvalue weighted by molar-refractivity contribution is 5.92. The molecule has 2 N–H and O–H groups in total. The van der Waals surface area contributed by atoms with Gasteiger partial charge in [-0.1, -0.05) is 26.0 Å². The standard InChI is InChI=1S/C20H27N5O2/c1-15(2)16-3-5-17(6-4-16)24-19-14-22-18(13-23-19)20(26)21-7-8-25-9-11-27-12-10-25/h3-6,13-15H,7-12H2,1-2H3,(H,21,26)(H,23,24). The van der Waals surface area contributed by atoms with Crippen molar-refractivity contribution in [1.82, 2.24) is 20.2 Å². The summed E-state index contributed by atoms with van der Waals surface area (Å²) >= 11 is 0. The second-order valence-electron chi connectivity index (χ2n) is 6.90. The van der Waals surface area contributed by atoms with Crippen molar-refractivity contribution in [3.05, 3.63) is 47.9 Å². The van der Waals surface area contributed by atoms with E-state index in [1.807, 2.05) is 12.1 Å². The van der Waals surface area contributed by atoms with Gasteiger partial charge < -0.3 is 15.4 Å². The van der Waals surface area contributed by atoms with E-state index < -0.39 is 0 Å². The van der Waals surface area contributed by atoms with Crippen molar-refractivity contribution < 1.29 is 9.53 Å². The van der Waals surface area contributed by atoms with Crippen LogP contribution in [0.15, 0.2) is 36.7 Å². The third kappa shape index (κ3) is 5.74. The highest BCUT2D eigenvalue weighted by atomic mass is 16.5. The summed E-state index contributed by atoms with van der Waals surface area (Å²) in [4.78, 5) is 23.0. The molecule has 1 aromatic carbocycles. The van der Waals surface area contributed by atoms with Crippen molar-refractivity contribution in [2.75, 3.05) is 44.7 Å². The molecule has 1 saturated heterocycles. The van der Waals surface area contributed by atoms with Gasteiger partial charge in [0.15, 0.2) is 0 Å². The van der Waals surface area contributed by atoms with Crippen LogP contribution in [0.4, 0.5) is 11.5 Å². The average Bonchev–Trinajstić information content (AvgIpc) is 2.70. The zero-order valence-electron chi connectivity index (χ0n) is 15.9. The molecule has 1 aliphatic heterocycles. The summed E-state index contributed by atoms with van der Waals surface area (Å²) in [5.74, 6) is 0.903. The van der Waals surface area contributed by atoms with Crippen LogP contribution in [-0.4, -0.2) is 60.2 Å². The number of nitrogens with zero attached hydrogens (tertiary/aromatic N) is 3. The fourth-order valence-electron chi connectivity index (χ4n) is 2.85. The van der Waals surface area contributed by atoms with Gasteiger partial charge in [0.25, 0.3) is 5.91 Å². The van der Waals surface area contributed by atoms with Crippen LogP contribution in [0.1, 0.15) is 35.8 Å². The molecule has 0 atom stereocenters. The SMILES string of the molecule is CC(C)c1ccc(Nc2cnc(C(=O)NCCN3CCOCC3)cn2)cc1. The van der Waals surface area contributed by atoms with Gasteiger partial charge in [0.05, 0.1) is 25.6 Å². The van der Waals surface area contributed by atoms with Gasteiger partial charge in [-0.05, 0) is 23.6 Å². The van der Waals surface area contributed by atoms with Crippen LogP contribution in [0.3, 0.4) is 0 Å². The molecule has 1 fully saturated rings. The molecule has 3 rings (SSSR count). The molecule has 27 heavy (non-hydrogen) atoms. The van der Waals surface area contributed by atoms with Crippen LogP contribution in [0.25, 0.3) is 0 Å². The fraction of sp³-hybridized carbons (Fsp3) is 0.450. The lowest BCUT2D eigenvalue weighted by molar-refractivity contribution is 0.0383. The van der Waals surface area contributed by atoms with Gasteiger partial charge in [0.2, 0.25) is 0 Å². The Morgan fingerprint density at radius 3 is 2.52 bits per heavy atom. The third-order valence-corrected chi connectivity index (χ3v) is 4.55. The van der Waals surface area contributed by atoms with Crippen molar-refractivity contribution >= 4 is 17.4 Å². The van der Waals surface area contributed by atoms with E-state index in [1.165, 1.54) is 11.8 Å². The maximum Gasteiger partial charge on any atom is 0.271 e. The summed E-state index contributed by atoms with van der Waals surface area (Å²) in [5, 5.41) is 6.09. The van der Waals surface area contributed by atoms with E-state index in [9.17, 15) is 4.79 Å². The number of benzene rings is 1. The number of hydrogen-bond acceptors (Lipinski definition) is 6. The fourth-order valence-corrected chi connectivity index (χ4v) is 2.85. The second-order valence-corrected chi connectivity index (χ2v) is 6.90. The summed E-state index contributed by atoms with van der Waals surface area (Å²) in [6.07, 6.45) is 3.07. The molecule has 1 aliphatic rings. The lowest BCUT2D eigenvalue weighted by Crippen LogP contribution is -2.41. The molecule has 7 heteroatoms. The van der Waals surface area contributed by atoms with Crippen LogP contribution in [-0.2, 0) is 4.74 Å². The number of hydrogen-bond donors (Lipinski definition) is 2. The molecule has 2 aromatic rings. The molecule has 7 nitrogen and oxygen atoms in total. The minimum atomic E-state index is -0.205. The first-order chi connectivity index (χ1) is 13.1. The zero-order valence-corrected chi connectivity index (χ0v) is 15.9. The highest BCUT2D eigenvalue weighted by Crippen LogP contribution is 2.19. The Morgan fingerprint density at radius 1 is 1.15 bits per heavy atom. The van der Waals surface area contributed by atoms with E-state index in [2.05, 4.69) is 51.5 Å². The van der Waals surface area contributed by atoms with Crippen molar-refractivity contribution in [2.24, 2.45) is 0 Å². The van der Waals surface area contributed by atoms with Crippen molar-refractivity contribution in [3.63, 3.8) is 0 Å². The molecule has 1 amide bonds. The van der Waals surface area contributed by atoms with Gasteiger partial charge in [0.1, 0.15) is 11.5 Å². The molecular weight excluding hydrogens is 342 g/mol. The van der Waals surface area contributed by atoms with Crippen molar-refractivity contribution in [1.29, 1.82) is 0 Å². The first-order valence-corrected chi connectivity index (χ1v) is 9.39. The number of carbonyl (C=O) groups excluding carboxylic acids is 1. The predicted octanol–water partition coefficient (Wildman–Crippen LogP) is 2.41. The molecule has 2 heterocycles. The van der Waals surface area contributed by atoms with Gasteiger partial charge in [-0.3, -0.25) is 9.69 Å². The van der Waals surface area contributed by atoms with Gasteiger partial charge in [-0.2, -0.15) is 0 Å². The Morgan fingerprint density at radius 2 is 1.89 bits per heavy atom. The summed E-state index contributed by atoms with van der Waals surface area (Å²) in [7, 11) is 0. The largest absolute Gasteiger partial charge is 0.379 e.